The summed E-state index contributed by atoms with van der Waals surface area (Å²) in [5, 5.41) is 14.2. The van der Waals surface area contributed by atoms with Crippen LogP contribution in [0.3, 0.4) is 0 Å². The molecule has 0 radical (unpaired) electrons. The molecule has 2 rings (SSSR count). The summed E-state index contributed by atoms with van der Waals surface area (Å²) in [6.07, 6.45) is 1.09. The maximum absolute atomic E-state index is 11.6. The van der Waals surface area contributed by atoms with Crippen molar-refractivity contribution in [1.82, 2.24) is 14.8 Å². The van der Waals surface area contributed by atoms with Crippen LogP contribution < -0.4 is 0 Å². The smallest absolute Gasteiger partial charge is 0.297 e. The molecule has 1 amide bonds. The van der Waals surface area contributed by atoms with Gasteiger partial charge >= 0.3 is 0 Å². The molecule has 1 aliphatic heterocycles. The van der Waals surface area contributed by atoms with Crippen LogP contribution in [0.2, 0.25) is 0 Å². The van der Waals surface area contributed by atoms with Gasteiger partial charge in [0, 0.05) is 13.2 Å². The summed E-state index contributed by atoms with van der Waals surface area (Å²) in [5.74, 6) is -0.317. The number of carbonyl (C=O) groups excluding carboxylic acids is 1. The minimum atomic E-state index is -0.595. The Hall–Kier alpha value is -1.40. The number of aryl methyl sites for hydroxylation is 1. The highest BCUT2D eigenvalue weighted by molar-refractivity contribution is 5.91. The summed E-state index contributed by atoms with van der Waals surface area (Å²) in [5.41, 5.74) is 0.321. The summed E-state index contributed by atoms with van der Waals surface area (Å²) in [6, 6.07) is 1.61. The average Bonchev–Trinajstić information content (AvgIpc) is 2.73. The van der Waals surface area contributed by atoms with Gasteiger partial charge in [-0.2, -0.15) is 5.10 Å². The maximum atomic E-state index is 11.6. The number of nitrogens with zero attached hydrogens (tertiary/aromatic N) is 3. The predicted octanol–water partition coefficient (Wildman–Crippen LogP) is -0.832. The number of hydrogen-bond donors (Lipinski definition) is 1. The van der Waals surface area contributed by atoms with Crippen LogP contribution >= 0.6 is 0 Å². The van der Waals surface area contributed by atoms with E-state index >= 15 is 0 Å². The van der Waals surface area contributed by atoms with Gasteiger partial charge in [0.1, 0.15) is 12.7 Å². The largest absolute Gasteiger partial charge is 0.389 e. The van der Waals surface area contributed by atoms with Crippen LogP contribution in [0.15, 0.2) is 12.3 Å². The molecule has 1 fully saturated rings. The van der Waals surface area contributed by atoms with Crippen LogP contribution in [0.5, 0.6) is 0 Å². The number of aliphatic hydroxyl groups is 1. The molecule has 0 saturated carbocycles. The zero-order valence-corrected chi connectivity index (χ0v) is 7.75. The van der Waals surface area contributed by atoms with Gasteiger partial charge in [-0.1, -0.05) is 0 Å². The molecule has 2 heterocycles. The van der Waals surface area contributed by atoms with E-state index in [-0.39, 0.29) is 19.1 Å². The lowest BCUT2D eigenvalue weighted by atomic mass is 10.3. The zero-order chi connectivity index (χ0) is 10.1. The van der Waals surface area contributed by atoms with Crippen molar-refractivity contribution >= 4 is 5.91 Å². The number of aliphatic hydroxyl groups excluding tert-OH is 1. The minimum absolute atomic E-state index is 0.165. The van der Waals surface area contributed by atoms with Gasteiger partial charge in [-0.05, 0) is 6.07 Å². The van der Waals surface area contributed by atoms with Gasteiger partial charge in [-0.3, -0.25) is 14.3 Å². The molecule has 0 bridgehead atoms. The molecule has 1 aromatic heterocycles. The molecule has 6 heteroatoms. The molecule has 6 nitrogen and oxygen atoms in total. The Labute approximate surface area is 80.6 Å². The van der Waals surface area contributed by atoms with E-state index in [9.17, 15) is 4.79 Å². The van der Waals surface area contributed by atoms with Crippen molar-refractivity contribution in [1.29, 1.82) is 0 Å². The van der Waals surface area contributed by atoms with Crippen molar-refractivity contribution < 1.29 is 14.7 Å². The fourth-order valence-corrected chi connectivity index (χ4v) is 1.27. The lowest BCUT2D eigenvalue weighted by molar-refractivity contribution is -0.0783. The van der Waals surface area contributed by atoms with Gasteiger partial charge in [0.15, 0.2) is 5.69 Å². The maximum Gasteiger partial charge on any atom is 0.297 e. The van der Waals surface area contributed by atoms with E-state index in [2.05, 4.69) is 5.10 Å². The van der Waals surface area contributed by atoms with Crippen LogP contribution in [-0.4, -0.2) is 45.1 Å². The van der Waals surface area contributed by atoms with Crippen LogP contribution in [-0.2, 0) is 11.9 Å². The molecule has 1 aromatic rings. The normalized spacial score (nSPS) is 21.6. The van der Waals surface area contributed by atoms with Gasteiger partial charge < -0.3 is 5.11 Å². The average molecular weight is 197 g/mol. The van der Waals surface area contributed by atoms with E-state index in [0.29, 0.717) is 5.69 Å². The number of amides is 1. The third-order valence-corrected chi connectivity index (χ3v) is 1.96. The summed E-state index contributed by atoms with van der Waals surface area (Å²) < 4.78 is 1.54. The fourth-order valence-electron chi connectivity index (χ4n) is 1.27. The minimum Gasteiger partial charge on any atom is -0.389 e. The Morgan fingerprint density at radius 3 is 3.07 bits per heavy atom. The lowest BCUT2D eigenvalue weighted by Crippen LogP contribution is -2.28. The molecule has 1 atom stereocenters. The van der Waals surface area contributed by atoms with Crippen molar-refractivity contribution in [3.8, 4) is 0 Å². The number of carbonyl (C=O) groups is 1. The van der Waals surface area contributed by atoms with E-state index in [0.717, 1.165) is 5.06 Å². The zero-order valence-electron chi connectivity index (χ0n) is 7.75. The second-order valence-corrected chi connectivity index (χ2v) is 3.19. The Bertz CT molecular complexity index is 349. The van der Waals surface area contributed by atoms with Crippen molar-refractivity contribution in [2.45, 2.75) is 6.10 Å². The first-order valence-electron chi connectivity index (χ1n) is 4.29. The second kappa shape index (κ2) is 3.39. The highest BCUT2D eigenvalue weighted by Crippen LogP contribution is 2.09. The summed E-state index contributed by atoms with van der Waals surface area (Å²) in [4.78, 5) is 16.6. The SMILES string of the molecule is Cn1ccc(C(=O)N2C[C@H](O)CO2)n1. The topological polar surface area (TPSA) is 67.6 Å². The first-order chi connectivity index (χ1) is 6.66. The molecule has 1 N–H and O–H groups in total. The Morgan fingerprint density at radius 1 is 1.79 bits per heavy atom. The third-order valence-electron chi connectivity index (χ3n) is 1.96. The van der Waals surface area contributed by atoms with Crippen molar-refractivity contribution in [2.75, 3.05) is 13.2 Å². The first-order valence-corrected chi connectivity index (χ1v) is 4.29. The second-order valence-electron chi connectivity index (χ2n) is 3.19. The summed E-state index contributed by atoms with van der Waals surface area (Å²) >= 11 is 0. The van der Waals surface area contributed by atoms with Crippen LogP contribution in [0.1, 0.15) is 10.5 Å². The molecule has 1 aliphatic rings. The van der Waals surface area contributed by atoms with Crippen molar-refractivity contribution in [3.63, 3.8) is 0 Å². The van der Waals surface area contributed by atoms with Crippen molar-refractivity contribution in [2.24, 2.45) is 7.05 Å². The summed E-state index contributed by atoms with van der Waals surface area (Å²) in [7, 11) is 1.73. The Balaban J connectivity index is 2.09. The van der Waals surface area contributed by atoms with Crippen LogP contribution in [0, 0.1) is 0 Å². The number of β-amino-alcohol motifs (C(OH)–C–C–N with tert-alkyl or cyclic N) is 1. The van der Waals surface area contributed by atoms with E-state index in [1.807, 2.05) is 0 Å². The molecule has 0 unspecified atom stereocenters. The monoisotopic (exact) mass is 197 g/mol. The predicted molar refractivity (Wildman–Crippen MR) is 46.2 cm³/mol. The van der Waals surface area contributed by atoms with Crippen LogP contribution in [0.25, 0.3) is 0 Å². The standard InChI is InChI=1S/C8H11N3O3/c1-10-3-2-7(9-10)8(13)11-4-6(12)5-14-11/h2-3,6,12H,4-5H2,1H3/t6-/m0/s1. The van der Waals surface area contributed by atoms with Gasteiger partial charge in [-0.15, -0.1) is 0 Å². The lowest BCUT2D eigenvalue weighted by Gasteiger charge is -2.11. The molecular formula is C8H11N3O3. The number of hydrogen-bond acceptors (Lipinski definition) is 4. The van der Waals surface area contributed by atoms with E-state index < -0.39 is 6.10 Å². The van der Waals surface area contributed by atoms with E-state index in [1.165, 1.54) is 0 Å². The van der Waals surface area contributed by atoms with Gasteiger partial charge in [0.25, 0.3) is 5.91 Å². The molecule has 0 aliphatic carbocycles. The highest BCUT2D eigenvalue weighted by Gasteiger charge is 2.28. The fraction of sp³-hybridized carbons (Fsp3) is 0.500. The molecule has 14 heavy (non-hydrogen) atoms. The molecule has 0 aromatic carbocycles. The molecule has 0 spiro atoms. The number of hydroxylamine groups is 2. The Morgan fingerprint density at radius 2 is 2.57 bits per heavy atom. The van der Waals surface area contributed by atoms with Crippen molar-refractivity contribution in [3.05, 3.63) is 18.0 Å². The molecule has 1 saturated heterocycles. The third kappa shape index (κ3) is 1.61. The Kier molecular flexibility index (Phi) is 2.22. The van der Waals surface area contributed by atoms with E-state index in [1.54, 1.807) is 24.0 Å². The van der Waals surface area contributed by atoms with Gasteiger partial charge in [-0.25, -0.2) is 5.06 Å². The number of rotatable bonds is 1. The quantitative estimate of drug-likeness (QED) is 0.638. The van der Waals surface area contributed by atoms with Gasteiger partial charge in [0.2, 0.25) is 0 Å². The first kappa shape index (κ1) is 9.17. The van der Waals surface area contributed by atoms with Crippen LogP contribution in [0.4, 0.5) is 0 Å². The summed E-state index contributed by atoms with van der Waals surface area (Å²) in [6.45, 7) is 0.369. The molecule has 76 valence electrons. The molecular weight excluding hydrogens is 186 g/mol. The van der Waals surface area contributed by atoms with Gasteiger partial charge in [0.05, 0.1) is 6.54 Å². The number of aromatic nitrogens is 2. The van der Waals surface area contributed by atoms with E-state index in [4.69, 9.17) is 9.94 Å². The highest BCUT2D eigenvalue weighted by atomic mass is 16.7.